The molecule has 106 valence electrons. The Kier molecular flexibility index (Phi) is 5.21. The van der Waals surface area contributed by atoms with Crippen LogP contribution in [0.15, 0.2) is 46.9 Å². The third kappa shape index (κ3) is 3.41. The SMILES string of the molecule is COc1ccc(Br)cc1CC(CN)c1ccccc1C. The predicted molar refractivity (Wildman–Crippen MR) is 87.4 cm³/mol. The fourth-order valence-corrected chi connectivity index (χ4v) is 2.95. The first-order valence-electron chi connectivity index (χ1n) is 6.73. The Morgan fingerprint density at radius 1 is 1.20 bits per heavy atom. The van der Waals surface area contributed by atoms with Gasteiger partial charge >= 0.3 is 0 Å². The van der Waals surface area contributed by atoms with Crippen LogP contribution in [-0.2, 0) is 6.42 Å². The second kappa shape index (κ2) is 6.91. The number of nitrogens with two attached hydrogens (primary N) is 1. The van der Waals surface area contributed by atoms with Crippen molar-refractivity contribution in [2.75, 3.05) is 13.7 Å². The van der Waals surface area contributed by atoms with Crippen LogP contribution in [0.5, 0.6) is 5.75 Å². The lowest BCUT2D eigenvalue weighted by Gasteiger charge is -2.19. The summed E-state index contributed by atoms with van der Waals surface area (Å²) in [6.07, 6.45) is 0.879. The zero-order valence-corrected chi connectivity index (χ0v) is 13.5. The van der Waals surface area contributed by atoms with Gasteiger partial charge in [0.1, 0.15) is 5.75 Å². The van der Waals surface area contributed by atoms with Gasteiger partial charge in [-0.1, -0.05) is 40.2 Å². The van der Waals surface area contributed by atoms with Gasteiger partial charge in [0.15, 0.2) is 0 Å². The molecule has 0 heterocycles. The highest BCUT2D eigenvalue weighted by atomic mass is 79.9. The zero-order valence-electron chi connectivity index (χ0n) is 11.9. The van der Waals surface area contributed by atoms with Crippen LogP contribution in [0.1, 0.15) is 22.6 Å². The number of aryl methyl sites for hydroxylation is 1. The molecule has 2 aromatic rings. The highest BCUT2D eigenvalue weighted by Gasteiger charge is 2.15. The standard InChI is InChI=1S/C17H20BrNO/c1-12-5-3-4-6-16(12)14(11-19)9-13-10-15(18)7-8-17(13)20-2/h3-8,10,14H,9,11,19H2,1-2H3. The molecule has 0 aliphatic carbocycles. The second-order valence-electron chi connectivity index (χ2n) is 4.95. The summed E-state index contributed by atoms with van der Waals surface area (Å²) in [5, 5.41) is 0. The van der Waals surface area contributed by atoms with Crippen LogP contribution < -0.4 is 10.5 Å². The maximum absolute atomic E-state index is 6.00. The van der Waals surface area contributed by atoms with Crippen molar-refractivity contribution in [2.24, 2.45) is 5.73 Å². The van der Waals surface area contributed by atoms with Crippen LogP contribution in [0.3, 0.4) is 0 Å². The molecule has 0 amide bonds. The topological polar surface area (TPSA) is 35.2 Å². The van der Waals surface area contributed by atoms with Crippen molar-refractivity contribution in [1.29, 1.82) is 0 Å². The summed E-state index contributed by atoms with van der Waals surface area (Å²) in [7, 11) is 1.71. The minimum atomic E-state index is 0.305. The molecule has 1 atom stereocenters. The average molecular weight is 334 g/mol. The van der Waals surface area contributed by atoms with Crippen LogP contribution in [0.4, 0.5) is 0 Å². The van der Waals surface area contributed by atoms with Crippen molar-refractivity contribution >= 4 is 15.9 Å². The molecule has 2 N–H and O–H groups in total. The minimum absolute atomic E-state index is 0.305. The predicted octanol–water partition coefficient (Wildman–Crippen LogP) is 4.05. The number of benzene rings is 2. The normalized spacial score (nSPS) is 12.2. The van der Waals surface area contributed by atoms with Crippen molar-refractivity contribution in [1.82, 2.24) is 0 Å². The first-order chi connectivity index (χ1) is 9.65. The molecule has 3 heteroatoms. The van der Waals surface area contributed by atoms with E-state index >= 15 is 0 Å². The van der Waals surface area contributed by atoms with Gasteiger partial charge in [0.05, 0.1) is 7.11 Å². The smallest absolute Gasteiger partial charge is 0.122 e. The number of hydrogen-bond acceptors (Lipinski definition) is 2. The summed E-state index contributed by atoms with van der Waals surface area (Å²) in [4.78, 5) is 0. The zero-order chi connectivity index (χ0) is 14.5. The molecule has 0 fully saturated rings. The Morgan fingerprint density at radius 2 is 1.95 bits per heavy atom. The van der Waals surface area contributed by atoms with Gasteiger partial charge in [-0.15, -0.1) is 0 Å². The van der Waals surface area contributed by atoms with Crippen LogP contribution >= 0.6 is 15.9 Å². The van der Waals surface area contributed by atoms with Crippen molar-refractivity contribution in [3.63, 3.8) is 0 Å². The number of halogens is 1. The number of ether oxygens (including phenoxy) is 1. The minimum Gasteiger partial charge on any atom is -0.496 e. The summed E-state index contributed by atoms with van der Waals surface area (Å²) in [6, 6.07) is 14.5. The molecule has 0 aliphatic rings. The fourth-order valence-electron chi connectivity index (χ4n) is 2.54. The molecule has 1 unspecified atom stereocenters. The van der Waals surface area contributed by atoms with Gasteiger partial charge in [-0.3, -0.25) is 0 Å². The van der Waals surface area contributed by atoms with E-state index in [2.05, 4.69) is 53.2 Å². The molecule has 0 aromatic heterocycles. The second-order valence-corrected chi connectivity index (χ2v) is 5.87. The molecule has 0 aliphatic heterocycles. The van der Waals surface area contributed by atoms with Gasteiger partial charge in [-0.05, 0) is 54.8 Å². The molecule has 2 rings (SSSR count). The molecule has 0 bridgehead atoms. The third-order valence-corrected chi connectivity index (χ3v) is 4.11. The molecule has 20 heavy (non-hydrogen) atoms. The van der Waals surface area contributed by atoms with E-state index in [9.17, 15) is 0 Å². The van der Waals surface area contributed by atoms with E-state index in [1.54, 1.807) is 7.11 Å². The van der Waals surface area contributed by atoms with Gasteiger partial charge in [-0.25, -0.2) is 0 Å². The third-order valence-electron chi connectivity index (χ3n) is 3.62. The fraction of sp³-hybridized carbons (Fsp3) is 0.294. The van der Waals surface area contributed by atoms with Gasteiger partial charge < -0.3 is 10.5 Å². The van der Waals surface area contributed by atoms with E-state index < -0.39 is 0 Å². The van der Waals surface area contributed by atoms with Crippen LogP contribution in [-0.4, -0.2) is 13.7 Å². The molecule has 0 saturated heterocycles. The Balaban J connectivity index is 2.31. The maximum atomic E-state index is 6.00. The van der Waals surface area contributed by atoms with E-state index in [-0.39, 0.29) is 0 Å². The monoisotopic (exact) mass is 333 g/mol. The van der Waals surface area contributed by atoms with Gasteiger partial charge in [0.25, 0.3) is 0 Å². The van der Waals surface area contributed by atoms with E-state index in [0.29, 0.717) is 12.5 Å². The molecule has 0 saturated carbocycles. The first kappa shape index (κ1) is 15.1. The van der Waals surface area contributed by atoms with Crippen molar-refractivity contribution in [2.45, 2.75) is 19.3 Å². The largest absolute Gasteiger partial charge is 0.496 e. The summed E-state index contributed by atoms with van der Waals surface area (Å²) in [5.41, 5.74) is 9.79. The van der Waals surface area contributed by atoms with E-state index in [1.807, 2.05) is 12.1 Å². The summed E-state index contributed by atoms with van der Waals surface area (Å²) in [5.74, 6) is 1.22. The molecular formula is C17H20BrNO. The summed E-state index contributed by atoms with van der Waals surface area (Å²) >= 11 is 3.52. The van der Waals surface area contributed by atoms with Gasteiger partial charge in [0.2, 0.25) is 0 Å². The van der Waals surface area contributed by atoms with Gasteiger partial charge in [-0.2, -0.15) is 0 Å². The van der Waals surface area contributed by atoms with E-state index in [1.165, 1.54) is 16.7 Å². The summed E-state index contributed by atoms with van der Waals surface area (Å²) < 4.78 is 6.51. The highest BCUT2D eigenvalue weighted by molar-refractivity contribution is 9.10. The lowest BCUT2D eigenvalue weighted by molar-refractivity contribution is 0.408. The van der Waals surface area contributed by atoms with Gasteiger partial charge in [0, 0.05) is 10.4 Å². The van der Waals surface area contributed by atoms with Crippen LogP contribution in [0.25, 0.3) is 0 Å². The number of rotatable bonds is 5. The maximum Gasteiger partial charge on any atom is 0.122 e. The molecule has 0 spiro atoms. The Hall–Kier alpha value is -1.32. The van der Waals surface area contributed by atoms with E-state index in [0.717, 1.165) is 16.6 Å². The first-order valence-corrected chi connectivity index (χ1v) is 7.53. The lowest BCUT2D eigenvalue weighted by atomic mass is 9.89. The number of hydrogen-bond donors (Lipinski definition) is 1. The average Bonchev–Trinajstić information content (AvgIpc) is 2.46. The Morgan fingerprint density at radius 3 is 2.60 bits per heavy atom. The molecule has 2 aromatic carbocycles. The number of methoxy groups -OCH3 is 1. The van der Waals surface area contributed by atoms with Crippen molar-refractivity contribution in [3.05, 3.63) is 63.6 Å². The van der Waals surface area contributed by atoms with Crippen LogP contribution in [0, 0.1) is 6.92 Å². The molecule has 2 nitrogen and oxygen atoms in total. The van der Waals surface area contributed by atoms with Crippen molar-refractivity contribution in [3.8, 4) is 5.75 Å². The van der Waals surface area contributed by atoms with E-state index in [4.69, 9.17) is 10.5 Å². The highest BCUT2D eigenvalue weighted by Crippen LogP contribution is 2.29. The summed E-state index contributed by atoms with van der Waals surface area (Å²) in [6.45, 7) is 2.76. The quantitative estimate of drug-likeness (QED) is 0.895. The van der Waals surface area contributed by atoms with Crippen molar-refractivity contribution < 1.29 is 4.74 Å². The lowest BCUT2D eigenvalue weighted by Crippen LogP contribution is -2.16. The molecule has 0 radical (unpaired) electrons. The Bertz CT molecular complexity index is 583. The Labute approximate surface area is 129 Å². The van der Waals surface area contributed by atoms with Crippen LogP contribution in [0.2, 0.25) is 0 Å². The molecular weight excluding hydrogens is 314 g/mol.